The highest BCUT2D eigenvalue weighted by molar-refractivity contribution is 6.22. The number of amides is 3. The Hall–Kier alpha value is -2.81. The maximum absolute atomic E-state index is 12.3. The van der Waals surface area contributed by atoms with Gasteiger partial charge in [0.1, 0.15) is 6.54 Å². The van der Waals surface area contributed by atoms with Gasteiger partial charge in [-0.05, 0) is 31.2 Å². The standard InChI is InChI=1S/C17H19N3O6/c21-15(18-6-3-11-4-7-26-8-5-11)10-19-16(22)13-2-1-12(20(24)25)9-14(13)17(19)23/h1-2,9,11H,3-8,10H2,(H,18,21). The fourth-order valence-corrected chi connectivity index (χ4v) is 3.19. The number of hydrogen-bond donors (Lipinski definition) is 1. The lowest BCUT2D eigenvalue weighted by molar-refractivity contribution is -0.384. The van der Waals surface area contributed by atoms with E-state index in [4.69, 9.17) is 4.74 Å². The van der Waals surface area contributed by atoms with Crippen LogP contribution in [0.1, 0.15) is 40.0 Å². The van der Waals surface area contributed by atoms with E-state index in [9.17, 15) is 24.5 Å². The molecule has 0 bridgehead atoms. The maximum Gasteiger partial charge on any atom is 0.270 e. The van der Waals surface area contributed by atoms with Gasteiger partial charge in [0, 0.05) is 31.9 Å². The molecule has 0 aromatic heterocycles. The highest BCUT2D eigenvalue weighted by Gasteiger charge is 2.37. The Morgan fingerprint density at radius 3 is 2.62 bits per heavy atom. The summed E-state index contributed by atoms with van der Waals surface area (Å²) in [5.41, 5.74) is -0.234. The normalized spacial score (nSPS) is 17.3. The average molecular weight is 361 g/mol. The van der Waals surface area contributed by atoms with Gasteiger partial charge in [0.15, 0.2) is 0 Å². The van der Waals surface area contributed by atoms with E-state index in [0.717, 1.165) is 43.4 Å². The van der Waals surface area contributed by atoms with Gasteiger partial charge in [-0.3, -0.25) is 29.4 Å². The van der Waals surface area contributed by atoms with Crippen LogP contribution in [0.5, 0.6) is 0 Å². The number of ether oxygens (including phenoxy) is 1. The summed E-state index contributed by atoms with van der Waals surface area (Å²) in [6.07, 6.45) is 2.75. The highest BCUT2D eigenvalue weighted by Crippen LogP contribution is 2.26. The summed E-state index contributed by atoms with van der Waals surface area (Å²) in [4.78, 5) is 47.7. The van der Waals surface area contributed by atoms with Crippen LogP contribution in [0.15, 0.2) is 18.2 Å². The maximum atomic E-state index is 12.3. The van der Waals surface area contributed by atoms with E-state index in [1.807, 2.05) is 0 Å². The Morgan fingerprint density at radius 2 is 1.92 bits per heavy atom. The first kappa shape index (κ1) is 18.0. The van der Waals surface area contributed by atoms with Crippen molar-refractivity contribution in [3.63, 3.8) is 0 Å². The molecule has 1 aromatic rings. The molecule has 1 aromatic carbocycles. The van der Waals surface area contributed by atoms with Crippen LogP contribution in [-0.4, -0.2) is 53.8 Å². The number of nitro groups is 1. The first-order valence-electron chi connectivity index (χ1n) is 8.46. The molecule has 0 saturated carbocycles. The molecule has 9 nitrogen and oxygen atoms in total. The Kier molecular flexibility index (Phi) is 5.27. The third-order valence-corrected chi connectivity index (χ3v) is 4.68. The molecule has 1 saturated heterocycles. The van der Waals surface area contributed by atoms with Crippen molar-refractivity contribution in [3.05, 3.63) is 39.4 Å². The van der Waals surface area contributed by atoms with Crippen LogP contribution < -0.4 is 5.32 Å². The number of fused-ring (bicyclic) bond motifs is 1. The van der Waals surface area contributed by atoms with Crippen molar-refractivity contribution in [2.24, 2.45) is 5.92 Å². The Morgan fingerprint density at radius 1 is 1.23 bits per heavy atom. The summed E-state index contributed by atoms with van der Waals surface area (Å²) in [5, 5.41) is 13.5. The number of carbonyl (C=O) groups is 3. The van der Waals surface area contributed by atoms with Gasteiger partial charge in [-0.25, -0.2) is 0 Å². The second-order valence-corrected chi connectivity index (χ2v) is 6.38. The quantitative estimate of drug-likeness (QED) is 0.461. The fourth-order valence-electron chi connectivity index (χ4n) is 3.19. The fraction of sp³-hybridized carbons (Fsp3) is 0.471. The molecule has 1 fully saturated rings. The summed E-state index contributed by atoms with van der Waals surface area (Å²) in [6, 6.07) is 3.48. The van der Waals surface area contributed by atoms with Crippen molar-refractivity contribution in [2.75, 3.05) is 26.3 Å². The van der Waals surface area contributed by atoms with Gasteiger partial charge < -0.3 is 10.1 Å². The highest BCUT2D eigenvalue weighted by atomic mass is 16.6. The van der Waals surface area contributed by atoms with E-state index in [0.29, 0.717) is 12.5 Å². The number of benzene rings is 1. The van der Waals surface area contributed by atoms with E-state index < -0.39 is 29.2 Å². The van der Waals surface area contributed by atoms with Crippen molar-refractivity contribution in [1.29, 1.82) is 0 Å². The Labute approximate surface area is 149 Å². The lowest BCUT2D eigenvalue weighted by atomic mass is 9.97. The monoisotopic (exact) mass is 361 g/mol. The zero-order chi connectivity index (χ0) is 18.7. The predicted octanol–water partition coefficient (Wildman–Crippen LogP) is 1.12. The van der Waals surface area contributed by atoms with Crippen molar-refractivity contribution < 1.29 is 24.0 Å². The molecule has 0 unspecified atom stereocenters. The van der Waals surface area contributed by atoms with E-state index in [2.05, 4.69) is 5.32 Å². The summed E-state index contributed by atoms with van der Waals surface area (Å²) in [6.45, 7) is 1.55. The number of nitro benzene ring substituents is 1. The van der Waals surface area contributed by atoms with E-state index in [1.165, 1.54) is 12.1 Å². The van der Waals surface area contributed by atoms with Crippen LogP contribution in [0.25, 0.3) is 0 Å². The lowest BCUT2D eigenvalue weighted by Gasteiger charge is -2.22. The number of non-ortho nitro benzene ring substituents is 1. The zero-order valence-electron chi connectivity index (χ0n) is 14.1. The largest absolute Gasteiger partial charge is 0.381 e. The molecule has 0 atom stereocenters. The molecule has 1 N–H and O–H groups in total. The first-order valence-corrected chi connectivity index (χ1v) is 8.46. The minimum atomic E-state index is -0.687. The summed E-state index contributed by atoms with van der Waals surface area (Å²) in [5.74, 6) is -1.22. The van der Waals surface area contributed by atoms with Crippen LogP contribution in [-0.2, 0) is 9.53 Å². The van der Waals surface area contributed by atoms with Crippen LogP contribution in [0.4, 0.5) is 5.69 Å². The lowest BCUT2D eigenvalue weighted by Crippen LogP contribution is -2.41. The molecule has 0 aliphatic carbocycles. The number of nitrogens with zero attached hydrogens (tertiary/aromatic N) is 2. The third-order valence-electron chi connectivity index (χ3n) is 4.68. The number of nitrogens with one attached hydrogen (secondary N) is 1. The van der Waals surface area contributed by atoms with Crippen LogP contribution >= 0.6 is 0 Å². The molecule has 0 spiro atoms. The van der Waals surface area contributed by atoms with Gasteiger partial charge in [0.05, 0.1) is 16.1 Å². The molecular weight excluding hydrogens is 342 g/mol. The SMILES string of the molecule is O=C(CN1C(=O)c2ccc([N+](=O)[O-])cc2C1=O)NCCC1CCOCC1. The van der Waals surface area contributed by atoms with Gasteiger partial charge in [0.25, 0.3) is 17.5 Å². The Bertz CT molecular complexity index is 757. The van der Waals surface area contributed by atoms with E-state index >= 15 is 0 Å². The van der Waals surface area contributed by atoms with Gasteiger partial charge in [-0.15, -0.1) is 0 Å². The summed E-state index contributed by atoms with van der Waals surface area (Å²) < 4.78 is 5.28. The van der Waals surface area contributed by atoms with Crippen molar-refractivity contribution in [3.8, 4) is 0 Å². The molecule has 3 amide bonds. The van der Waals surface area contributed by atoms with Crippen LogP contribution in [0, 0.1) is 16.0 Å². The van der Waals surface area contributed by atoms with Crippen molar-refractivity contribution in [2.45, 2.75) is 19.3 Å². The summed E-state index contributed by atoms with van der Waals surface area (Å²) in [7, 11) is 0. The molecule has 2 aliphatic rings. The van der Waals surface area contributed by atoms with Gasteiger partial charge in [-0.2, -0.15) is 0 Å². The predicted molar refractivity (Wildman–Crippen MR) is 89.6 cm³/mol. The second-order valence-electron chi connectivity index (χ2n) is 6.38. The van der Waals surface area contributed by atoms with Gasteiger partial charge in [-0.1, -0.05) is 0 Å². The number of hydrogen-bond acceptors (Lipinski definition) is 6. The number of rotatable bonds is 6. The molecule has 3 rings (SSSR count). The zero-order valence-corrected chi connectivity index (χ0v) is 14.1. The van der Waals surface area contributed by atoms with Crippen molar-refractivity contribution in [1.82, 2.24) is 10.2 Å². The van der Waals surface area contributed by atoms with E-state index in [1.54, 1.807) is 0 Å². The molecule has 26 heavy (non-hydrogen) atoms. The van der Waals surface area contributed by atoms with E-state index in [-0.39, 0.29) is 16.8 Å². The molecular formula is C17H19N3O6. The first-order chi connectivity index (χ1) is 12.5. The summed E-state index contributed by atoms with van der Waals surface area (Å²) >= 11 is 0. The minimum Gasteiger partial charge on any atom is -0.381 e. The smallest absolute Gasteiger partial charge is 0.270 e. The molecule has 9 heteroatoms. The van der Waals surface area contributed by atoms with Gasteiger partial charge >= 0.3 is 0 Å². The molecule has 138 valence electrons. The topological polar surface area (TPSA) is 119 Å². The van der Waals surface area contributed by atoms with Crippen LogP contribution in [0.3, 0.4) is 0 Å². The average Bonchev–Trinajstić information content (AvgIpc) is 2.87. The minimum absolute atomic E-state index is 0.0424. The third kappa shape index (κ3) is 3.72. The van der Waals surface area contributed by atoms with Crippen LogP contribution in [0.2, 0.25) is 0 Å². The molecule has 2 heterocycles. The number of imide groups is 1. The van der Waals surface area contributed by atoms with Crippen molar-refractivity contribution >= 4 is 23.4 Å². The number of carbonyl (C=O) groups excluding carboxylic acids is 3. The molecule has 2 aliphatic heterocycles. The second kappa shape index (κ2) is 7.61. The Balaban J connectivity index is 1.56. The molecule has 0 radical (unpaired) electrons. The van der Waals surface area contributed by atoms with Gasteiger partial charge in [0.2, 0.25) is 5.91 Å².